The van der Waals surface area contributed by atoms with Gasteiger partial charge in [0.15, 0.2) is 0 Å². The van der Waals surface area contributed by atoms with Crippen LogP contribution < -0.4 is 10.6 Å². The van der Waals surface area contributed by atoms with Crippen LogP contribution in [0.4, 0.5) is 5.69 Å². The van der Waals surface area contributed by atoms with Crippen LogP contribution in [0, 0.1) is 13.8 Å². The first kappa shape index (κ1) is 16.5. The summed E-state index contributed by atoms with van der Waals surface area (Å²) in [6.07, 6.45) is 6.45. The normalized spacial score (nSPS) is 17.5. The second-order valence-corrected chi connectivity index (χ2v) is 7.15. The predicted molar refractivity (Wildman–Crippen MR) is 91.7 cm³/mol. The minimum absolute atomic E-state index is 0.0144. The van der Waals surface area contributed by atoms with Crippen LogP contribution in [-0.4, -0.2) is 18.5 Å². The average molecular weight is 353 g/mol. The van der Waals surface area contributed by atoms with Crippen molar-refractivity contribution in [1.82, 2.24) is 5.32 Å². The second kappa shape index (κ2) is 6.93. The fraction of sp³-hybridized carbons (Fsp3) is 0.588. The first-order valence-corrected chi connectivity index (χ1v) is 8.51. The molecule has 0 saturated heterocycles. The Morgan fingerprint density at radius 1 is 1.19 bits per heavy atom. The van der Waals surface area contributed by atoms with E-state index in [1.54, 1.807) is 0 Å². The van der Waals surface area contributed by atoms with E-state index in [1.165, 1.54) is 19.3 Å². The average Bonchev–Trinajstić information content (AvgIpc) is 2.44. The third kappa shape index (κ3) is 4.07. The minimum atomic E-state index is -0.0144. The molecule has 1 fully saturated rings. The van der Waals surface area contributed by atoms with Crippen molar-refractivity contribution in [2.75, 3.05) is 12.4 Å². The first-order chi connectivity index (χ1) is 9.96. The monoisotopic (exact) mass is 352 g/mol. The number of nitrogens with one attached hydrogen (secondary N) is 2. The van der Waals surface area contributed by atoms with Gasteiger partial charge in [-0.1, -0.05) is 35.2 Å². The van der Waals surface area contributed by atoms with Gasteiger partial charge in [-0.2, -0.15) is 0 Å². The van der Waals surface area contributed by atoms with Gasteiger partial charge in [0.2, 0.25) is 5.91 Å². The van der Waals surface area contributed by atoms with Crippen LogP contribution in [0.1, 0.15) is 49.7 Å². The molecule has 1 saturated carbocycles. The molecule has 0 heterocycles. The quantitative estimate of drug-likeness (QED) is 0.847. The van der Waals surface area contributed by atoms with Crippen LogP contribution in [0.25, 0.3) is 0 Å². The Morgan fingerprint density at radius 2 is 1.76 bits per heavy atom. The predicted octanol–water partition coefficient (Wildman–Crippen LogP) is 4.32. The van der Waals surface area contributed by atoms with Crippen molar-refractivity contribution in [3.8, 4) is 0 Å². The van der Waals surface area contributed by atoms with E-state index in [2.05, 4.69) is 26.6 Å². The summed E-state index contributed by atoms with van der Waals surface area (Å²) in [6, 6.07) is 4.08. The summed E-state index contributed by atoms with van der Waals surface area (Å²) in [5.41, 5.74) is 3.12. The lowest BCUT2D eigenvalue weighted by Gasteiger charge is -2.36. The summed E-state index contributed by atoms with van der Waals surface area (Å²) < 4.78 is 1.05. The lowest BCUT2D eigenvalue weighted by Crippen LogP contribution is -2.47. The van der Waals surface area contributed by atoms with Crippen LogP contribution in [0.5, 0.6) is 0 Å². The number of hydrogen-bond donors (Lipinski definition) is 2. The molecule has 116 valence electrons. The molecule has 3 nitrogen and oxygen atoms in total. The highest BCUT2D eigenvalue weighted by Gasteiger charge is 2.32. The molecule has 1 amide bonds. The van der Waals surface area contributed by atoms with Gasteiger partial charge in [0, 0.05) is 22.1 Å². The van der Waals surface area contributed by atoms with E-state index in [9.17, 15) is 4.79 Å². The molecular weight excluding hydrogens is 328 g/mol. The number of hydrogen-bond acceptors (Lipinski definition) is 2. The van der Waals surface area contributed by atoms with Crippen molar-refractivity contribution in [3.05, 3.63) is 27.7 Å². The maximum Gasteiger partial charge on any atom is 0.226 e. The maximum absolute atomic E-state index is 12.5. The van der Waals surface area contributed by atoms with Crippen LogP contribution in [0.15, 0.2) is 16.6 Å². The number of rotatable bonds is 4. The Morgan fingerprint density at radius 3 is 2.29 bits per heavy atom. The standard InChI is InChI=1S/C17H25BrN2O/c1-12-9-14(18)10-13(2)16(12)20-15(21)11-17(19-3)7-5-4-6-8-17/h9-10,19H,4-8,11H2,1-3H3,(H,20,21). The molecule has 1 aromatic carbocycles. The Kier molecular flexibility index (Phi) is 5.44. The molecule has 1 aliphatic carbocycles. The Labute approximate surface area is 136 Å². The summed E-state index contributed by atoms with van der Waals surface area (Å²) in [6.45, 7) is 4.06. The molecule has 0 atom stereocenters. The number of carbonyl (C=O) groups is 1. The molecule has 0 radical (unpaired) electrons. The molecule has 0 aromatic heterocycles. The zero-order valence-electron chi connectivity index (χ0n) is 13.2. The molecule has 2 rings (SSSR count). The van der Waals surface area contributed by atoms with E-state index >= 15 is 0 Å². The number of anilines is 1. The van der Waals surface area contributed by atoms with Gasteiger partial charge in [-0.25, -0.2) is 0 Å². The van der Waals surface area contributed by atoms with Crippen LogP contribution >= 0.6 is 15.9 Å². The Balaban J connectivity index is 2.08. The van der Waals surface area contributed by atoms with Gasteiger partial charge in [0.25, 0.3) is 0 Å². The number of halogens is 1. The molecule has 1 aromatic rings. The molecule has 0 aliphatic heterocycles. The zero-order valence-corrected chi connectivity index (χ0v) is 14.8. The second-order valence-electron chi connectivity index (χ2n) is 6.23. The molecule has 2 N–H and O–H groups in total. The van der Waals surface area contributed by atoms with Gasteiger partial charge < -0.3 is 10.6 Å². The lowest BCUT2D eigenvalue weighted by molar-refractivity contribution is -0.117. The zero-order chi connectivity index (χ0) is 15.5. The summed E-state index contributed by atoms with van der Waals surface area (Å²) >= 11 is 3.49. The van der Waals surface area contributed by atoms with Crippen molar-refractivity contribution < 1.29 is 4.79 Å². The lowest BCUT2D eigenvalue weighted by atomic mass is 9.79. The third-order valence-corrected chi connectivity index (χ3v) is 5.06. The highest BCUT2D eigenvalue weighted by Crippen LogP contribution is 2.32. The smallest absolute Gasteiger partial charge is 0.226 e. The number of amides is 1. The van der Waals surface area contributed by atoms with Crippen molar-refractivity contribution >= 4 is 27.5 Å². The SMILES string of the molecule is CNC1(CC(=O)Nc2c(C)cc(Br)cc2C)CCCCC1. The Hall–Kier alpha value is -0.870. The van der Waals surface area contributed by atoms with Crippen molar-refractivity contribution in [2.24, 2.45) is 0 Å². The Bertz CT molecular complexity index is 499. The molecule has 1 aliphatic rings. The van der Waals surface area contributed by atoms with Crippen LogP contribution in [0.3, 0.4) is 0 Å². The fourth-order valence-corrected chi connectivity index (χ4v) is 4.03. The van der Waals surface area contributed by atoms with Crippen LogP contribution in [0.2, 0.25) is 0 Å². The third-order valence-electron chi connectivity index (χ3n) is 4.60. The molecular formula is C17H25BrN2O. The van der Waals surface area contributed by atoms with Crippen LogP contribution in [-0.2, 0) is 4.79 Å². The number of benzene rings is 1. The summed E-state index contributed by atoms with van der Waals surface area (Å²) in [5.74, 6) is 0.111. The van der Waals surface area contributed by atoms with Gasteiger partial charge in [-0.15, -0.1) is 0 Å². The topological polar surface area (TPSA) is 41.1 Å². The van der Waals surface area contributed by atoms with E-state index in [1.807, 2.05) is 33.0 Å². The molecule has 0 unspecified atom stereocenters. The number of carbonyl (C=O) groups excluding carboxylic acids is 1. The number of aryl methyl sites for hydroxylation is 2. The summed E-state index contributed by atoms with van der Waals surface area (Å²) in [5, 5.41) is 6.52. The summed E-state index contributed by atoms with van der Waals surface area (Å²) in [4.78, 5) is 12.5. The van der Waals surface area contributed by atoms with Crippen molar-refractivity contribution in [1.29, 1.82) is 0 Å². The van der Waals surface area contributed by atoms with Crippen molar-refractivity contribution in [2.45, 2.75) is 57.9 Å². The fourth-order valence-electron chi connectivity index (χ4n) is 3.34. The minimum Gasteiger partial charge on any atom is -0.326 e. The van der Waals surface area contributed by atoms with Gasteiger partial charge >= 0.3 is 0 Å². The molecule has 0 spiro atoms. The first-order valence-electron chi connectivity index (χ1n) is 7.71. The highest BCUT2D eigenvalue weighted by atomic mass is 79.9. The van der Waals surface area contributed by atoms with E-state index in [0.29, 0.717) is 6.42 Å². The van der Waals surface area contributed by atoms with Gasteiger partial charge in [0.05, 0.1) is 0 Å². The van der Waals surface area contributed by atoms with E-state index in [-0.39, 0.29) is 11.4 Å². The van der Waals surface area contributed by atoms with Gasteiger partial charge in [-0.3, -0.25) is 4.79 Å². The van der Waals surface area contributed by atoms with E-state index in [0.717, 1.165) is 34.1 Å². The van der Waals surface area contributed by atoms with Gasteiger partial charge in [-0.05, 0) is 57.0 Å². The van der Waals surface area contributed by atoms with Gasteiger partial charge in [0.1, 0.15) is 0 Å². The summed E-state index contributed by atoms with van der Waals surface area (Å²) in [7, 11) is 1.98. The molecule has 0 bridgehead atoms. The van der Waals surface area contributed by atoms with Crippen molar-refractivity contribution in [3.63, 3.8) is 0 Å². The molecule has 4 heteroatoms. The van der Waals surface area contributed by atoms with E-state index in [4.69, 9.17) is 0 Å². The maximum atomic E-state index is 12.5. The molecule has 21 heavy (non-hydrogen) atoms. The largest absolute Gasteiger partial charge is 0.326 e. The highest BCUT2D eigenvalue weighted by molar-refractivity contribution is 9.10. The van der Waals surface area contributed by atoms with E-state index < -0.39 is 0 Å².